The topological polar surface area (TPSA) is 185 Å². The number of nitrogens with zero attached hydrogens (tertiary/aromatic N) is 2. The predicted octanol–water partition coefficient (Wildman–Crippen LogP) is 0.459. The lowest BCUT2D eigenvalue weighted by atomic mass is 9.57. The van der Waals surface area contributed by atoms with Crippen molar-refractivity contribution in [2.24, 2.45) is 29.6 Å². The predicted molar refractivity (Wildman–Crippen MR) is 175 cm³/mol. The number of hydrogen-bond acceptors (Lipinski definition) is 10. The van der Waals surface area contributed by atoms with E-state index in [0.29, 0.717) is 11.1 Å². The number of aromatic hydroxyl groups is 1. The van der Waals surface area contributed by atoms with Crippen molar-refractivity contribution in [1.82, 2.24) is 0 Å². The lowest BCUT2D eigenvalue weighted by Crippen LogP contribution is -2.43. The number of rotatable bonds is 6. The van der Waals surface area contributed by atoms with Crippen LogP contribution in [0, 0.1) is 29.6 Å². The van der Waals surface area contributed by atoms with E-state index < -0.39 is 73.4 Å². The smallest absolute Gasteiger partial charge is 0.488 e. The zero-order valence-corrected chi connectivity index (χ0v) is 26.2. The summed E-state index contributed by atoms with van der Waals surface area (Å²) >= 11 is 6.42. The van der Waals surface area contributed by atoms with E-state index in [9.17, 15) is 44.4 Å². The van der Waals surface area contributed by atoms with Crippen molar-refractivity contribution in [3.63, 3.8) is 0 Å². The van der Waals surface area contributed by atoms with Crippen LogP contribution in [0.5, 0.6) is 11.5 Å². The summed E-state index contributed by atoms with van der Waals surface area (Å²) in [4.78, 5) is 58.7. The van der Waals surface area contributed by atoms with Gasteiger partial charge in [0.25, 0.3) is 0 Å². The molecule has 12 nitrogen and oxygen atoms in total. The molecule has 0 aromatic heterocycles. The van der Waals surface area contributed by atoms with E-state index in [1.165, 1.54) is 61.7 Å². The van der Waals surface area contributed by atoms with E-state index in [-0.39, 0.29) is 51.7 Å². The summed E-state index contributed by atoms with van der Waals surface area (Å²) in [6, 6.07) is 14.7. The van der Waals surface area contributed by atoms with Crippen LogP contribution in [0.2, 0.25) is 5.02 Å². The number of fused-ring (bicyclic) bond motifs is 4. The van der Waals surface area contributed by atoms with Crippen molar-refractivity contribution < 1.29 is 49.1 Å². The molecule has 6 atom stereocenters. The summed E-state index contributed by atoms with van der Waals surface area (Å²) in [7, 11) is -2.30. The first kappa shape index (κ1) is 32.1. The summed E-state index contributed by atoms with van der Waals surface area (Å²) in [5.41, 5.74) is 1.70. The molecule has 5 N–H and O–H groups in total. The standard InChI is InChI=1S/C33H29B2ClN2O10/c1-48-25-11-15(10-24(36)29(25)39)26-20-8-9-21-27(32(42)37(30(21)40)18-6-2-4-16(12-18)34(44)45)22(20)14-23-28(26)33(43)38(31(23)41)19-7-3-5-17(13-19)35(46)47/h2-8,10-13,21-23,26-28,39,44-47H,9,14H2,1H3/t21-,22+,23+,26-,27-,28+/m0/s1. The Morgan fingerprint density at radius 3 is 1.88 bits per heavy atom. The highest BCUT2D eigenvalue weighted by atomic mass is 35.5. The lowest BCUT2D eigenvalue weighted by molar-refractivity contribution is -0.126. The number of phenols is 1. The van der Waals surface area contributed by atoms with Gasteiger partial charge in [0.05, 0.1) is 47.2 Å². The van der Waals surface area contributed by atoms with E-state index in [0.717, 1.165) is 9.80 Å². The van der Waals surface area contributed by atoms with Gasteiger partial charge >= 0.3 is 14.2 Å². The number of carbonyl (C=O) groups excluding carboxylic acids is 4. The second-order valence-corrected chi connectivity index (χ2v) is 12.9. The largest absolute Gasteiger partial charge is 0.503 e. The number of ether oxygens (including phenoxy) is 1. The molecule has 3 fully saturated rings. The average Bonchev–Trinajstić information content (AvgIpc) is 3.48. The Labute approximate surface area is 280 Å². The molecule has 4 aliphatic rings. The second kappa shape index (κ2) is 11.9. The van der Waals surface area contributed by atoms with Gasteiger partial charge in [-0.05, 0) is 71.6 Å². The van der Waals surface area contributed by atoms with Crippen LogP contribution in [0.3, 0.4) is 0 Å². The van der Waals surface area contributed by atoms with Crippen LogP contribution in [0.4, 0.5) is 11.4 Å². The minimum atomic E-state index is -1.83. The van der Waals surface area contributed by atoms with Crippen LogP contribution in [-0.4, -0.2) is 70.2 Å². The van der Waals surface area contributed by atoms with Crippen molar-refractivity contribution in [2.45, 2.75) is 18.8 Å². The number of anilines is 2. The third-order valence-electron chi connectivity index (χ3n) is 10.1. The Balaban J connectivity index is 1.34. The average molecular weight is 671 g/mol. The van der Waals surface area contributed by atoms with Gasteiger partial charge in [0, 0.05) is 5.92 Å². The maximum absolute atomic E-state index is 14.3. The quantitative estimate of drug-likeness (QED) is 0.140. The number of methoxy groups -OCH3 is 1. The van der Waals surface area contributed by atoms with Crippen molar-refractivity contribution in [2.75, 3.05) is 16.9 Å². The Morgan fingerprint density at radius 2 is 1.31 bits per heavy atom. The van der Waals surface area contributed by atoms with Gasteiger partial charge in [-0.1, -0.05) is 47.5 Å². The summed E-state index contributed by atoms with van der Waals surface area (Å²) in [5.74, 6) is -7.19. The number of amides is 4. The second-order valence-electron chi connectivity index (χ2n) is 12.5. The number of hydrogen-bond donors (Lipinski definition) is 5. The van der Waals surface area contributed by atoms with Crippen LogP contribution in [-0.2, 0) is 19.2 Å². The fourth-order valence-corrected chi connectivity index (χ4v) is 8.27. The fourth-order valence-electron chi connectivity index (χ4n) is 8.05. The van der Waals surface area contributed by atoms with E-state index in [1.54, 1.807) is 6.07 Å². The summed E-state index contributed by atoms with van der Waals surface area (Å²) < 4.78 is 5.36. The highest BCUT2D eigenvalue weighted by molar-refractivity contribution is 6.59. The van der Waals surface area contributed by atoms with E-state index in [4.69, 9.17) is 16.3 Å². The molecule has 2 saturated heterocycles. The highest BCUT2D eigenvalue weighted by Gasteiger charge is 2.62. The van der Waals surface area contributed by atoms with E-state index in [1.807, 2.05) is 6.08 Å². The number of phenolic OH excluding ortho intramolecular Hbond substituents is 1. The first-order valence-corrected chi connectivity index (χ1v) is 15.7. The van der Waals surface area contributed by atoms with E-state index >= 15 is 0 Å². The highest BCUT2D eigenvalue weighted by Crippen LogP contribution is 2.59. The molecule has 4 amide bonds. The summed E-state index contributed by atoms with van der Waals surface area (Å²) in [6.07, 6.45) is 2.12. The summed E-state index contributed by atoms with van der Waals surface area (Å²) in [6.45, 7) is 0. The molecule has 2 aliphatic carbocycles. The maximum Gasteiger partial charge on any atom is 0.488 e. The normalized spacial score (nSPS) is 26.2. The SMILES string of the molecule is COc1cc([C@H]2C3=CC[C@@H]4C(=O)N(c5cccc(B(O)O)c5)C(=O)[C@@H]4[C@@H]3C[C@H]3C(=O)N(c4cccc(B(O)O)c4)C(=O)[C@@H]23)cc(Cl)c1O. The Kier molecular flexibility index (Phi) is 7.96. The van der Waals surface area contributed by atoms with Gasteiger partial charge in [0.2, 0.25) is 23.6 Å². The molecular formula is C33H29B2ClN2O10. The molecule has 0 radical (unpaired) electrons. The lowest BCUT2D eigenvalue weighted by Gasteiger charge is -2.44. The van der Waals surface area contributed by atoms with Gasteiger partial charge in [0.1, 0.15) is 0 Å². The van der Waals surface area contributed by atoms with Crippen LogP contribution >= 0.6 is 11.6 Å². The molecule has 1 saturated carbocycles. The van der Waals surface area contributed by atoms with Crippen LogP contribution in [0.15, 0.2) is 72.3 Å². The van der Waals surface area contributed by atoms with Crippen molar-refractivity contribution >= 4 is 71.8 Å². The zero-order valence-electron chi connectivity index (χ0n) is 25.4. The molecule has 15 heteroatoms. The molecule has 244 valence electrons. The van der Waals surface area contributed by atoms with Gasteiger partial charge < -0.3 is 29.9 Å². The number of benzene rings is 3. The molecule has 48 heavy (non-hydrogen) atoms. The van der Waals surface area contributed by atoms with Crippen LogP contribution in [0.25, 0.3) is 0 Å². The van der Waals surface area contributed by atoms with Crippen molar-refractivity contribution in [3.8, 4) is 11.5 Å². The fraction of sp³-hybridized carbons (Fsp3) is 0.273. The number of allylic oxidation sites excluding steroid dienone is 2. The van der Waals surface area contributed by atoms with Crippen LogP contribution < -0.4 is 25.5 Å². The number of halogens is 1. The Morgan fingerprint density at radius 1 is 0.750 bits per heavy atom. The molecule has 3 aromatic carbocycles. The monoisotopic (exact) mass is 670 g/mol. The van der Waals surface area contributed by atoms with Gasteiger partial charge in [-0.3, -0.25) is 29.0 Å². The number of carbonyl (C=O) groups is 4. The van der Waals surface area contributed by atoms with E-state index in [2.05, 4.69) is 0 Å². The Bertz CT molecular complexity index is 1920. The number of imide groups is 2. The van der Waals surface area contributed by atoms with Crippen molar-refractivity contribution in [1.29, 1.82) is 0 Å². The van der Waals surface area contributed by atoms with Crippen molar-refractivity contribution in [3.05, 3.63) is 82.9 Å². The van der Waals surface area contributed by atoms with Gasteiger partial charge in [-0.25, -0.2) is 0 Å². The molecular weight excluding hydrogens is 641 g/mol. The zero-order chi connectivity index (χ0) is 34.2. The molecule has 0 unspecified atom stereocenters. The maximum atomic E-state index is 14.3. The first-order chi connectivity index (χ1) is 22.9. The molecule has 3 aromatic rings. The molecule has 0 bridgehead atoms. The minimum Gasteiger partial charge on any atom is -0.503 e. The third kappa shape index (κ3) is 4.86. The molecule has 2 heterocycles. The molecule has 7 rings (SSSR count). The third-order valence-corrected chi connectivity index (χ3v) is 10.4. The van der Waals surface area contributed by atoms with Gasteiger partial charge in [-0.15, -0.1) is 0 Å². The first-order valence-electron chi connectivity index (χ1n) is 15.4. The van der Waals surface area contributed by atoms with Gasteiger partial charge in [0.15, 0.2) is 11.5 Å². The minimum absolute atomic E-state index is 0.0418. The molecule has 0 spiro atoms. The molecule has 2 aliphatic heterocycles. The van der Waals surface area contributed by atoms with Gasteiger partial charge in [-0.2, -0.15) is 0 Å². The van der Waals surface area contributed by atoms with Crippen LogP contribution in [0.1, 0.15) is 24.3 Å². The summed E-state index contributed by atoms with van der Waals surface area (Å²) in [5, 5.41) is 49.4. The Hall–Kier alpha value is -4.46.